The number of fused-ring (bicyclic) bond motifs is 1. The summed E-state index contributed by atoms with van der Waals surface area (Å²) in [5.41, 5.74) is 1.84. The van der Waals surface area contributed by atoms with E-state index in [1.807, 2.05) is 24.5 Å². The van der Waals surface area contributed by atoms with Crippen molar-refractivity contribution in [1.29, 1.82) is 0 Å². The maximum Gasteiger partial charge on any atom is 0.324 e. The molecule has 1 aromatic carbocycles. The number of anilines is 1. The van der Waals surface area contributed by atoms with Crippen molar-refractivity contribution < 1.29 is 13.7 Å². The van der Waals surface area contributed by atoms with Crippen molar-refractivity contribution >= 4 is 39.5 Å². The number of halogens is 1. The van der Waals surface area contributed by atoms with Crippen LogP contribution in [-0.4, -0.2) is 45.6 Å². The van der Waals surface area contributed by atoms with Crippen LogP contribution in [0.5, 0.6) is 5.19 Å². The molecule has 0 N–H and O–H groups in total. The molecule has 0 amide bonds. The van der Waals surface area contributed by atoms with Crippen molar-refractivity contribution in [3.63, 3.8) is 0 Å². The third-order valence-electron chi connectivity index (χ3n) is 6.40. The summed E-state index contributed by atoms with van der Waals surface area (Å²) in [6, 6.07) is 9.52. The molecule has 1 aliphatic heterocycles. The van der Waals surface area contributed by atoms with Crippen molar-refractivity contribution in [2.45, 2.75) is 50.5 Å². The van der Waals surface area contributed by atoms with Crippen LogP contribution in [-0.2, 0) is 0 Å². The zero-order valence-corrected chi connectivity index (χ0v) is 21.8. The molecule has 1 fully saturated rings. The minimum Gasteiger partial charge on any atom is -0.467 e. The van der Waals surface area contributed by atoms with Gasteiger partial charge in [0.1, 0.15) is 22.3 Å². The van der Waals surface area contributed by atoms with E-state index in [1.54, 1.807) is 12.1 Å². The summed E-state index contributed by atoms with van der Waals surface area (Å²) in [5.74, 6) is 1.12. The van der Waals surface area contributed by atoms with Gasteiger partial charge in [-0.3, -0.25) is 0 Å². The predicted octanol–water partition coefficient (Wildman–Crippen LogP) is 6.41. The second-order valence-electron chi connectivity index (χ2n) is 9.08. The van der Waals surface area contributed by atoms with E-state index in [1.165, 1.54) is 23.1 Å². The number of nitrogens with zero attached hydrogens (tertiary/aromatic N) is 5. The molecule has 0 saturated carbocycles. The Hall–Kier alpha value is -2.72. The molecule has 1 saturated heterocycles. The molecule has 1 atom stereocenters. The van der Waals surface area contributed by atoms with Crippen LogP contribution in [0.2, 0.25) is 0 Å². The van der Waals surface area contributed by atoms with Gasteiger partial charge in [0.25, 0.3) is 5.19 Å². The Balaban J connectivity index is 1.23. The van der Waals surface area contributed by atoms with Crippen molar-refractivity contribution in [2.75, 3.05) is 24.2 Å². The number of aromatic nitrogens is 4. The predicted molar refractivity (Wildman–Crippen MR) is 138 cm³/mol. The van der Waals surface area contributed by atoms with Crippen LogP contribution in [0.25, 0.3) is 21.6 Å². The smallest absolute Gasteiger partial charge is 0.324 e. The van der Waals surface area contributed by atoms with E-state index in [4.69, 9.17) is 9.26 Å². The van der Waals surface area contributed by atoms with Gasteiger partial charge in [-0.25, -0.2) is 14.4 Å². The number of hydrogen-bond acceptors (Lipinski definition) is 9. The molecular weight excluding hydrogens is 485 g/mol. The van der Waals surface area contributed by atoms with Crippen molar-refractivity contribution in [2.24, 2.45) is 5.92 Å². The van der Waals surface area contributed by atoms with Gasteiger partial charge in [0.2, 0.25) is 0 Å². The summed E-state index contributed by atoms with van der Waals surface area (Å²) in [4.78, 5) is 17.6. The molecule has 184 valence electrons. The Kier molecular flexibility index (Phi) is 6.93. The molecule has 4 aromatic rings. The number of ether oxygens (including phenoxy) is 1. The van der Waals surface area contributed by atoms with Crippen molar-refractivity contribution in [1.82, 2.24) is 20.1 Å². The SMILES string of the molecule is CSc1ccc(-c2ccc3nc(OC(C)C4CCN(c5nc(C(C)C)no5)CC4)sc3n2)c(F)c1. The van der Waals surface area contributed by atoms with Gasteiger partial charge in [-0.1, -0.05) is 30.3 Å². The summed E-state index contributed by atoms with van der Waals surface area (Å²) in [5, 5.41) is 4.67. The Labute approximate surface area is 212 Å². The van der Waals surface area contributed by atoms with E-state index in [9.17, 15) is 4.39 Å². The highest BCUT2D eigenvalue weighted by atomic mass is 32.2. The molecule has 1 aliphatic rings. The zero-order chi connectivity index (χ0) is 24.5. The lowest BCUT2D eigenvalue weighted by Crippen LogP contribution is -2.38. The molecule has 1 unspecified atom stereocenters. The lowest BCUT2D eigenvalue weighted by atomic mass is 9.92. The van der Waals surface area contributed by atoms with Gasteiger partial charge in [-0.2, -0.15) is 4.98 Å². The van der Waals surface area contributed by atoms with Crippen LogP contribution >= 0.6 is 23.1 Å². The monoisotopic (exact) mass is 513 g/mol. The normalized spacial score (nSPS) is 15.8. The Morgan fingerprint density at radius 1 is 1.11 bits per heavy atom. The maximum absolute atomic E-state index is 14.6. The Bertz CT molecular complexity index is 1320. The fourth-order valence-corrected chi connectivity index (χ4v) is 5.53. The Morgan fingerprint density at radius 3 is 2.60 bits per heavy atom. The fourth-order valence-electron chi connectivity index (χ4n) is 4.23. The number of thioether (sulfide) groups is 1. The first-order valence-electron chi connectivity index (χ1n) is 11.8. The number of rotatable bonds is 7. The number of benzene rings is 1. The van der Waals surface area contributed by atoms with Crippen LogP contribution in [0.1, 0.15) is 45.4 Å². The highest BCUT2D eigenvalue weighted by Gasteiger charge is 2.28. The van der Waals surface area contributed by atoms with E-state index in [-0.39, 0.29) is 17.8 Å². The lowest BCUT2D eigenvalue weighted by Gasteiger charge is -2.33. The maximum atomic E-state index is 14.6. The number of piperidine rings is 1. The summed E-state index contributed by atoms with van der Waals surface area (Å²) < 4.78 is 26.3. The van der Waals surface area contributed by atoms with Crippen LogP contribution in [0, 0.1) is 11.7 Å². The minimum absolute atomic E-state index is 0.0163. The van der Waals surface area contributed by atoms with E-state index < -0.39 is 0 Å². The second-order valence-corrected chi connectivity index (χ2v) is 10.9. The van der Waals surface area contributed by atoms with Gasteiger partial charge in [0.05, 0.1) is 5.69 Å². The second kappa shape index (κ2) is 10.1. The summed E-state index contributed by atoms with van der Waals surface area (Å²) >= 11 is 2.91. The van der Waals surface area contributed by atoms with Gasteiger partial charge in [-0.15, -0.1) is 11.8 Å². The van der Waals surface area contributed by atoms with Crippen LogP contribution < -0.4 is 9.64 Å². The largest absolute Gasteiger partial charge is 0.467 e. The topological polar surface area (TPSA) is 77.2 Å². The standard InChI is InChI=1S/C25H28FN5O2S2/c1-14(2)22-29-24(33-30-22)31-11-9-16(10-12-31)15(3)32-25-28-21-8-7-20(27-23(21)35-25)18-6-5-17(34-4)13-19(18)26/h5-8,13-16H,9-12H2,1-4H3. The first-order valence-corrected chi connectivity index (χ1v) is 13.8. The van der Waals surface area contributed by atoms with Crippen LogP contribution in [0.3, 0.4) is 0 Å². The van der Waals surface area contributed by atoms with E-state index in [0.29, 0.717) is 28.4 Å². The molecule has 3 aromatic heterocycles. The van der Waals surface area contributed by atoms with Gasteiger partial charge >= 0.3 is 6.01 Å². The highest BCUT2D eigenvalue weighted by Crippen LogP contribution is 2.33. The Morgan fingerprint density at radius 2 is 1.91 bits per heavy atom. The van der Waals surface area contributed by atoms with E-state index in [0.717, 1.165) is 47.0 Å². The van der Waals surface area contributed by atoms with E-state index in [2.05, 4.69) is 45.8 Å². The quantitative estimate of drug-likeness (QED) is 0.262. The number of thiazole rings is 1. The van der Waals surface area contributed by atoms with Crippen LogP contribution in [0.15, 0.2) is 39.8 Å². The molecule has 0 bridgehead atoms. The summed E-state index contributed by atoms with van der Waals surface area (Å²) in [7, 11) is 0. The molecule has 35 heavy (non-hydrogen) atoms. The first-order chi connectivity index (χ1) is 16.9. The molecule has 10 heteroatoms. The minimum atomic E-state index is -0.273. The van der Waals surface area contributed by atoms with Crippen LogP contribution in [0.4, 0.5) is 10.4 Å². The molecule has 4 heterocycles. The van der Waals surface area contributed by atoms with Crippen molar-refractivity contribution in [3.05, 3.63) is 42.0 Å². The molecular formula is C25H28FN5O2S2. The molecule has 7 nitrogen and oxygen atoms in total. The van der Waals surface area contributed by atoms with Gasteiger partial charge < -0.3 is 14.2 Å². The molecule has 0 aliphatic carbocycles. The van der Waals surface area contributed by atoms with Crippen molar-refractivity contribution in [3.8, 4) is 16.5 Å². The highest BCUT2D eigenvalue weighted by molar-refractivity contribution is 7.98. The molecule has 0 radical (unpaired) electrons. The summed E-state index contributed by atoms with van der Waals surface area (Å²) in [6.45, 7) is 7.91. The number of pyridine rings is 1. The molecule has 5 rings (SSSR count). The third kappa shape index (κ3) is 5.13. The number of hydrogen-bond donors (Lipinski definition) is 0. The average molecular weight is 514 g/mol. The van der Waals surface area contributed by atoms with Gasteiger partial charge in [-0.05, 0) is 62.3 Å². The average Bonchev–Trinajstić information content (AvgIpc) is 3.51. The lowest BCUT2D eigenvalue weighted by molar-refractivity contribution is 0.131. The first kappa shape index (κ1) is 24.0. The third-order valence-corrected chi connectivity index (χ3v) is 7.98. The molecule has 0 spiro atoms. The van der Waals surface area contributed by atoms with Gasteiger partial charge in [0, 0.05) is 29.5 Å². The summed E-state index contributed by atoms with van der Waals surface area (Å²) in [6.07, 6.45) is 3.89. The fraction of sp³-hybridized carbons (Fsp3) is 0.440. The van der Waals surface area contributed by atoms with E-state index >= 15 is 0 Å². The zero-order valence-electron chi connectivity index (χ0n) is 20.2. The van der Waals surface area contributed by atoms with Gasteiger partial charge in [0.15, 0.2) is 5.82 Å².